The van der Waals surface area contributed by atoms with E-state index >= 15 is 0 Å². The molecule has 0 saturated carbocycles. The molecule has 5 nitrogen and oxygen atoms in total. The Balaban J connectivity index is 2.24. The summed E-state index contributed by atoms with van der Waals surface area (Å²) < 4.78 is 17.8. The molecule has 284 valence electrons. The first-order valence-corrected chi connectivity index (χ1v) is 21.6. The zero-order valence-electron chi connectivity index (χ0n) is 32.5. The molecule has 1 aliphatic heterocycles. The molecule has 0 aliphatic carbocycles. The smallest absolute Gasteiger partial charge is 0.315 e. The van der Waals surface area contributed by atoms with Crippen molar-refractivity contribution in [2.75, 3.05) is 6.61 Å². The van der Waals surface area contributed by atoms with E-state index in [1.54, 1.807) is 0 Å². The van der Waals surface area contributed by atoms with Crippen LogP contribution in [0.4, 0.5) is 0 Å². The van der Waals surface area contributed by atoms with Gasteiger partial charge in [-0.1, -0.05) is 206 Å². The Morgan fingerprint density at radius 3 is 1.23 bits per heavy atom. The van der Waals surface area contributed by atoms with Gasteiger partial charge in [0.1, 0.15) is 12.5 Å². The molecular formula is C43H82O5. The van der Waals surface area contributed by atoms with E-state index in [0.29, 0.717) is 19.4 Å². The fraction of sp³-hybridized carbons (Fsp3) is 0.953. The van der Waals surface area contributed by atoms with Crippen molar-refractivity contribution in [1.82, 2.24) is 0 Å². The Morgan fingerprint density at radius 2 is 0.854 bits per heavy atom. The average molecular weight is 679 g/mol. The van der Waals surface area contributed by atoms with Crippen LogP contribution in [0.2, 0.25) is 0 Å². The molecule has 3 unspecified atom stereocenters. The molecule has 0 spiro atoms. The van der Waals surface area contributed by atoms with E-state index in [9.17, 15) is 9.59 Å². The molecule has 0 N–H and O–H groups in total. The molecule has 1 aliphatic rings. The maximum atomic E-state index is 13.1. The fourth-order valence-corrected chi connectivity index (χ4v) is 7.22. The molecule has 5 heteroatoms. The highest BCUT2D eigenvalue weighted by Gasteiger charge is 2.31. The number of unbranched alkanes of at least 4 members (excludes halogenated alkanes) is 28. The van der Waals surface area contributed by atoms with Gasteiger partial charge < -0.3 is 14.2 Å². The van der Waals surface area contributed by atoms with Crippen LogP contribution in [-0.4, -0.2) is 36.9 Å². The minimum atomic E-state index is -0.624. The summed E-state index contributed by atoms with van der Waals surface area (Å²) in [5, 5.41) is 0. The predicted octanol–water partition coefficient (Wildman–Crippen LogP) is 13.5. The van der Waals surface area contributed by atoms with Crippen molar-refractivity contribution in [1.29, 1.82) is 0 Å². The zero-order valence-corrected chi connectivity index (χ0v) is 32.5. The number of hydrogen-bond acceptors (Lipinski definition) is 5. The summed E-state index contributed by atoms with van der Waals surface area (Å²) in [6.07, 6.45) is 40.7. The molecule has 0 bridgehead atoms. The molecule has 0 aromatic rings. The molecular weight excluding hydrogens is 596 g/mol. The second-order valence-electron chi connectivity index (χ2n) is 15.0. The van der Waals surface area contributed by atoms with Gasteiger partial charge in [0.15, 0.2) is 5.78 Å². The highest BCUT2D eigenvalue weighted by atomic mass is 16.7. The molecule has 0 aromatic heterocycles. The second-order valence-corrected chi connectivity index (χ2v) is 15.0. The lowest BCUT2D eigenvalue weighted by atomic mass is 10.0. The van der Waals surface area contributed by atoms with Crippen LogP contribution < -0.4 is 0 Å². The van der Waals surface area contributed by atoms with Crippen molar-refractivity contribution < 1.29 is 23.8 Å². The van der Waals surface area contributed by atoms with E-state index in [4.69, 9.17) is 14.2 Å². The maximum absolute atomic E-state index is 13.1. The first-order valence-electron chi connectivity index (χ1n) is 21.6. The minimum Gasteiger partial charge on any atom is -0.435 e. The topological polar surface area (TPSA) is 61.8 Å². The van der Waals surface area contributed by atoms with Crippen LogP contribution >= 0.6 is 0 Å². The molecule has 0 aromatic carbocycles. The average Bonchev–Trinajstić information content (AvgIpc) is 3.12. The van der Waals surface area contributed by atoms with Gasteiger partial charge in [-0.05, 0) is 19.8 Å². The maximum Gasteiger partial charge on any atom is 0.315 e. The Bertz CT molecular complexity index is 709. The van der Waals surface area contributed by atoms with Crippen LogP contribution in [0.1, 0.15) is 239 Å². The highest BCUT2D eigenvalue weighted by molar-refractivity contribution is 5.98. The first kappa shape index (κ1) is 45.1. The molecule has 0 amide bonds. The number of hydrogen-bond donors (Lipinski definition) is 0. The number of Topliss-reactive ketones (excluding diaryl/α,β-unsaturated/α-hetero) is 1. The van der Waals surface area contributed by atoms with Crippen LogP contribution in [0, 0.1) is 0 Å². The molecule has 1 saturated heterocycles. The molecule has 48 heavy (non-hydrogen) atoms. The van der Waals surface area contributed by atoms with Crippen molar-refractivity contribution in [3.8, 4) is 0 Å². The molecule has 1 rings (SSSR count). The standard InChI is InChI=1S/C43H82O5/c1-4-7-9-11-13-15-17-19-21-23-25-27-29-31-33-35-39-37-43(46-6-3)48-42(45)38-40(44)41(47-39)36-34-32-30-28-26-24-22-20-18-16-14-12-10-8-5-2/h39,41,43H,4-38H2,1-3H3. The number of carbonyl (C=O) groups is 2. The van der Waals surface area contributed by atoms with Crippen LogP contribution in [0.3, 0.4) is 0 Å². The summed E-state index contributed by atoms with van der Waals surface area (Å²) in [5.74, 6) is -0.597. The lowest BCUT2D eigenvalue weighted by Crippen LogP contribution is -2.31. The van der Waals surface area contributed by atoms with E-state index in [-0.39, 0.29) is 18.3 Å². The number of cyclic esters (lactones) is 1. The number of rotatable bonds is 34. The van der Waals surface area contributed by atoms with Crippen LogP contribution in [0.5, 0.6) is 0 Å². The Morgan fingerprint density at radius 1 is 0.500 bits per heavy atom. The van der Waals surface area contributed by atoms with E-state index in [2.05, 4.69) is 13.8 Å². The first-order chi connectivity index (χ1) is 23.6. The van der Waals surface area contributed by atoms with Gasteiger partial charge in [0.2, 0.25) is 6.29 Å². The zero-order chi connectivity index (χ0) is 34.8. The van der Waals surface area contributed by atoms with Gasteiger partial charge in [-0.25, -0.2) is 0 Å². The van der Waals surface area contributed by atoms with Gasteiger partial charge in [-0.3, -0.25) is 9.59 Å². The van der Waals surface area contributed by atoms with E-state index in [0.717, 1.165) is 25.7 Å². The van der Waals surface area contributed by atoms with E-state index in [1.807, 2.05) is 6.92 Å². The quantitative estimate of drug-likeness (QED) is 0.0385. The van der Waals surface area contributed by atoms with Gasteiger partial charge in [-0.2, -0.15) is 0 Å². The van der Waals surface area contributed by atoms with Crippen LogP contribution in [0.15, 0.2) is 0 Å². The highest BCUT2D eigenvalue weighted by Crippen LogP contribution is 2.24. The Hall–Kier alpha value is -0.940. The van der Waals surface area contributed by atoms with Crippen LogP contribution in [-0.2, 0) is 23.8 Å². The van der Waals surface area contributed by atoms with Crippen molar-refractivity contribution in [3.05, 3.63) is 0 Å². The van der Waals surface area contributed by atoms with Crippen molar-refractivity contribution >= 4 is 11.8 Å². The SMILES string of the molecule is CCCCCCCCCCCCCCCCCC1CC(OCC)OC(=O)CC(=O)C(CCCCCCCCCCCCCCCCC)O1. The summed E-state index contributed by atoms with van der Waals surface area (Å²) in [6.45, 7) is 6.95. The van der Waals surface area contributed by atoms with Gasteiger partial charge in [0.25, 0.3) is 0 Å². The van der Waals surface area contributed by atoms with Crippen LogP contribution in [0.25, 0.3) is 0 Å². The van der Waals surface area contributed by atoms with Crippen molar-refractivity contribution in [3.63, 3.8) is 0 Å². The van der Waals surface area contributed by atoms with E-state index in [1.165, 1.54) is 173 Å². The minimum absolute atomic E-state index is 0.111. The monoisotopic (exact) mass is 679 g/mol. The predicted molar refractivity (Wildman–Crippen MR) is 203 cm³/mol. The summed E-state index contributed by atoms with van der Waals surface area (Å²) in [6, 6.07) is 0. The molecule has 3 atom stereocenters. The lowest BCUT2D eigenvalue weighted by molar-refractivity contribution is -0.183. The lowest BCUT2D eigenvalue weighted by Gasteiger charge is -2.25. The summed E-state index contributed by atoms with van der Waals surface area (Å²) >= 11 is 0. The molecule has 0 radical (unpaired) electrons. The van der Waals surface area contributed by atoms with Gasteiger partial charge in [-0.15, -0.1) is 0 Å². The van der Waals surface area contributed by atoms with Crippen molar-refractivity contribution in [2.45, 2.75) is 258 Å². The third kappa shape index (κ3) is 27.8. The Labute approximate surface area is 299 Å². The van der Waals surface area contributed by atoms with Gasteiger partial charge >= 0.3 is 5.97 Å². The summed E-state index contributed by atoms with van der Waals surface area (Å²) in [7, 11) is 0. The third-order valence-corrected chi connectivity index (χ3v) is 10.3. The Kier molecular flexibility index (Phi) is 32.4. The summed E-state index contributed by atoms with van der Waals surface area (Å²) in [4.78, 5) is 25.5. The second kappa shape index (κ2) is 34.5. The molecule has 1 fully saturated rings. The largest absolute Gasteiger partial charge is 0.435 e. The summed E-state index contributed by atoms with van der Waals surface area (Å²) in [5.41, 5.74) is 0. The fourth-order valence-electron chi connectivity index (χ4n) is 7.22. The van der Waals surface area contributed by atoms with E-state index < -0.39 is 18.4 Å². The normalized spacial score (nSPS) is 18.9. The third-order valence-electron chi connectivity index (χ3n) is 10.3. The number of esters is 1. The van der Waals surface area contributed by atoms with Gasteiger partial charge in [0.05, 0.1) is 6.10 Å². The van der Waals surface area contributed by atoms with Gasteiger partial charge in [0, 0.05) is 13.0 Å². The number of carbonyl (C=O) groups excluding carboxylic acids is 2. The number of ether oxygens (including phenoxy) is 3. The number of ketones is 1. The van der Waals surface area contributed by atoms with Crippen molar-refractivity contribution in [2.24, 2.45) is 0 Å². The molecule has 1 heterocycles.